The lowest BCUT2D eigenvalue weighted by Crippen LogP contribution is -2.42. The van der Waals surface area contributed by atoms with Crippen LogP contribution < -0.4 is 5.32 Å². The molecule has 1 aromatic carbocycles. The van der Waals surface area contributed by atoms with Crippen molar-refractivity contribution in [3.63, 3.8) is 0 Å². The number of hydrogen-bond donors (Lipinski definition) is 1. The third-order valence-electron chi connectivity index (χ3n) is 3.98. The Morgan fingerprint density at radius 2 is 1.67 bits per heavy atom. The Balaban J connectivity index is 1.92. The Kier molecular flexibility index (Phi) is 5.96. The minimum atomic E-state index is -3.32. The third kappa shape index (κ3) is 5.21. The number of benzene rings is 1. The van der Waals surface area contributed by atoms with E-state index in [-0.39, 0.29) is 6.04 Å². The van der Waals surface area contributed by atoms with Crippen LogP contribution in [0.4, 0.5) is 4.79 Å². The molecule has 1 aliphatic carbocycles. The van der Waals surface area contributed by atoms with Crippen molar-refractivity contribution < 1.29 is 17.9 Å². The van der Waals surface area contributed by atoms with Gasteiger partial charge in [0.25, 0.3) is 0 Å². The topological polar surface area (TPSA) is 72.5 Å². The van der Waals surface area contributed by atoms with Gasteiger partial charge in [-0.3, -0.25) is 0 Å². The molecule has 0 spiro atoms. The molecule has 0 heterocycles. The van der Waals surface area contributed by atoms with Gasteiger partial charge in [0.2, 0.25) is 0 Å². The standard InChI is InChI=1S/C17H24BrNO4S/c1-17(2,3)23-16(20)19-13-6-10-15(11-7-13)24(21,22)14-8-4-12(18)5-9-14/h4-5,8-9,13,15H,6-7,10-11H2,1-3H3,(H,19,20). The summed E-state index contributed by atoms with van der Waals surface area (Å²) in [7, 11) is -3.32. The van der Waals surface area contributed by atoms with E-state index in [0.717, 1.165) is 4.47 Å². The Morgan fingerprint density at radius 3 is 2.17 bits per heavy atom. The zero-order valence-electron chi connectivity index (χ0n) is 14.2. The van der Waals surface area contributed by atoms with Crippen LogP contribution in [0.5, 0.6) is 0 Å². The lowest BCUT2D eigenvalue weighted by Gasteiger charge is -2.29. The van der Waals surface area contributed by atoms with Gasteiger partial charge in [0.05, 0.1) is 10.1 Å². The van der Waals surface area contributed by atoms with Crippen LogP contribution in [0.3, 0.4) is 0 Å². The first-order valence-electron chi connectivity index (χ1n) is 8.07. The SMILES string of the molecule is CC(C)(C)OC(=O)NC1CCC(S(=O)(=O)c2ccc(Br)cc2)CC1. The number of nitrogens with one attached hydrogen (secondary N) is 1. The highest BCUT2D eigenvalue weighted by Gasteiger charge is 2.33. The minimum absolute atomic E-state index is 0.0313. The fourth-order valence-corrected chi connectivity index (χ4v) is 4.87. The molecule has 7 heteroatoms. The summed E-state index contributed by atoms with van der Waals surface area (Å²) >= 11 is 3.31. The third-order valence-corrected chi connectivity index (χ3v) is 6.78. The fraction of sp³-hybridized carbons (Fsp3) is 0.588. The molecule has 0 aliphatic heterocycles. The van der Waals surface area contributed by atoms with Gasteiger partial charge in [-0.15, -0.1) is 0 Å². The van der Waals surface area contributed by atoms with Crippen molar-refractivity contribution in [2.24, 2.45) is 0 Å². The molecule has 0 atom stereocenters. The molecule has 1 N–H and O–H groups in total. The van der Waals surface area contributed by atoms with Crippen molar-refractivity contribution in [3.05, 3.63) is 28.7 Å². The number of carbonyl (C=O) groups excluding carboxylic acids is 1. The highest BCUT2D eigenvalue weighted by atomic mass is 79.9. The Morgan fingerprint density at radius 1 is 1.12 bits per heavy atom. The molecular formula is C17H24BrNO4S. The van der Waals surface area contributed by atoms with Gasteiger partial charge in [-0.2, -0.15) is 0 Å². The van der Waals surface area contributed by atoms with E-state index in [1.807, 2.05) is 20.8 Å². The highest BCUT2D eigenvalue weighted by molar-refractivity contribution is 9.10. The summed E-state index contributed by atoms with van der Waals surface area (Å²) in [6.07, 6.45) is 1.92. The summed E-state index contributed by atoms with van der Waals surface area (Å²) < 4.78 is 31.5. The molecule has 1 aromatic rings. The average molecular weight is 418 g/mol. The lowest BCUT2D eigenvalue weighted by molar-refractivity contribution is 0.0493. The van der Waals surface area contributed by atoms with Gasteiger partial charge in [-0.25, -0.2) is 13.2 Å². The largest absolute Gasteiger partial charge is 0.444 e. The van der Waals surface area contributed by atoms with Crippen molar-refractivity contribution >= 4 is 31.9 Å². The summed E-state index contributed by atoms with van der Waals surface area (Å²) in [5.74, 6) is 0. The number of amides is 1. The number of hydrogen-bond acceptors (Lipinski definition) is 4. The summed E-state index contributed by atoms with van der Waals surface area (Å²) in [6, 6.07) is 6.70. The van der Waals surface area contributed by atoms with Gasteiger partial charge in [0, 0.05) is 10.5 Å². The first-order chi connectivity index (χ1) is 11.1. The van der Waals surface area contributed by atoms with Crippen LogP contribution in [0.15, 0.2) is 33.6 Å². The number of sulfone groups is 1. The van der Waals surface area contributed by atoms with Crippen LogP contribution in [0.1, 0.15) is 46.5 Å². The van der Waals surface area contributed by atoms with Gasteiger partial charge in [0.1, 0.15) is 5.60 Å². The van der Waals surface area contributed by atoms with Gasteiger partial charge < -0.3 is 10.1 Å². The molecule has 0 aromatic heterocycles. The maximum Gasteiger partial charge on any atom is 0.407 e. The molecular weight excluding hydrogens is 394 g/mol. The maximum absolute atomic E-state index is 12.7. The smallest absolute Gasteiger partial charge is 0.407 e. The molecule has 0 bridgehead atoms. The number of alkyl carbamates (subject to hydrolysis) is 1. The average Bonchev–Trinajstić information content (AvgIpc) is 2.46. The number of ether oxygens (including phenoxy) is 1. The van der Waals surface area contributed by atoms with Crippen molar-refractivity contribution in [2.45, 2.75) is 68.2 Å². The summed E-state index contributed by atoms with van der Waals surface area (Å²) in [5, 5.41) is 2.44. The van der Waals surface area contributed by atoms with E-state index in [4.69, 9.17) is 4.74 Å². The molecule has 1 amide bonds. The van der Waals surface area contributed by atoms with Crippen molar-refractivity contribution in [1.29, 1.82) is 0 Å². The summed E-state index contributed by atoms with van der Waals surface area (Å²) in [4.78, 5) is 12.2. The van der Waals surface area contributed by atoms with E-state index >= 15 is 0 Å². The van der Waals surface area contributed by atoms with E-state index in [1.54, 1.807) is 24.3 Å². The van der Waals surface area contributed by atoms with E-state index in [9.17, 15) is 13.2 Å². The second-order valence-corrected chi connectivity index (χ2v) is 10.3. The molecule has 0 radical (unpaired) electrons. The normalized spacial score (nSPS) is 22.0. The highest BCUT2D eigenvalue weighted by Crippen LogP contribution is 2.29. The zero-order chi connectivity index (χ0) is 18.0. The van der Waals surface area contributed by atoms with Crippen LogP contribution in [0, 0.1) is 0 Å². The molecule has 0 saturated heterocycles. The van der Waals surface area contributed by atoms with Gasteiger partial charge in [-0.1, -0.05) is 15.9 Å². The number of rotatable bonds is 3. The fourth-order valence-electron chi connectivity index (χ4n) is 2.81. The lowest BCUT2D eigenvalue weighted by atomic mass is 9.95. The Bertz CT molecular complexity index is 672. The van der Waals surface area contributed by atoms with E-state index in [0.29, 0.717) is 30.6 Å². The molecule has 2 rings (SSSR count). The summed E-state index contributed by atoms with van der Waals surface area (Å²) in [5.41, 5.74) is -0.536. The first-order valence-corrected chi connectivity index (χ1v) is 10.4. The van der Waals surface area contributed by atoms with E-state index < -0.39 is 26.8 Å². The Labute approximate surface area is 152 Å². The van der Waals surface area contributed by atoms with E-state index in [2.05, 4.69) is 21.2 Å². The van der Waals surface area contributed by atoms with Crippen molar-refractivity contribution in [3.8, 4) is 0 Å². The number of halogens is 1. The first kappa shape index (κ1) is 19.2. The molecule has 1 saturated carbocycles. The van der Waals surface area contributed by atoms with Crippen LogP contribution in [0.25, 0.3) is 0 Å². The van der Waals surface area contributed by atoms with Crippen LogP contribution in [0.2, 0.25) is 0 Å². The molecule has 0 unspecified atom stereocenters. The summed E-state index contributed by atoms with van der Waals surface area (Å²) in [6.45, 7) is 5.44. The van der Waals surface area contributed by atoms with Gasteiger partial charge in [0.15, 0.2) is 9.84 Å². The molecule has 1 aliphatic rings. The second kappa shape index (κ2) is 7.44. The van der Waals surface area contributed by atoms with Gasteiger partial charge >= 0.3 is 6.09 Å². The minimum Gasteiger partial charge on any atom is -0.444 e. The second-order valence-electron chi connectivity index (χ2n) is 7.12. The monoisotopic (exact) mass is 417 g/mol. The van der Waals surface area contributed by atoms with Crippen LogP contribution in [-0.2, 0) is 14.6 Å². The molecule has 1 fully saturated rings. The van der Waals surface area contributed by atoms with E-state index in [1.165, 1.54) is 0 Å². The predicted molar refractivity (Wildman–Crippen MR) is 96.7 cm³/mol. The zero-order valence-corrected chi connectivity index (χ0v) is 16.6. The maximum atomic E-state index is 12.7. The van der Waals surface area contributed by atoms with Gasteiger partial charge in [-0.05, 0) is 70.7 Å². The quantitative estimate of drug-likeness (QED) is 0.804. The Hall–Kier alpha value is -1.08. The molecule has 5 nitrogen and oxygen atoms in total. The number of carbonyl (C=O) groups is 1. The van der Waals surface area contributed by atoms with Crippen LogP contribution in [-0.4, -0.2) is 31.4 Å². The molecule has 24 heavy (non-hydrogen) atoms. The van der Waals surface area contributed by atoms with Crippen molar-refractivity contribution in [2.75, 3.05) is 0 Å². The van der Waals surface area contributed by atoms with Crippen molar-refractivity contribution in [1.82, 2.24) is 5.32 Å². The van der Waals surface area contributed by atoms with Crippen LogP contribution >= 0.6 is 15.9 Å². The molecule has 134 valence electrons. The predicted octanol–water partition coefficient (Wildman–Crippen LogP) is 4.06.